The van der Waals surface area contributed by atoms with Gasteiger partial charge in [-0.05, 0) is 49.8 Å². The van der Waals surface area contributed by atoms with E-state index in [1.54, 1.807) is 11.3 Å². The topological polar surface area (TPSA) is 83.9 Å². The molecule has 5 rings (SSSR count). The van der Waals surface area contributed by atoms with Crippen LogP contribution in [0.1, 0.15) is 55.5 Å². The van der Waals surface area contributed by atoms with Crippen LogP contribution in [0.4, 0.5) is 5.13 Å². The minimum absolute atomic E-state index is 0.00333. The Balaban J connectivity index is 1.28. The summed E-state index contributed by atoms with van der Waals surface area (Å²) >= 11 is 1.56. The number of benzene rings is 1. The molecule has 0 spiro atoms. The molecule has 3 aliphatic rings. The molecule has 0 bridgehead atoms. The van der Waals surface area contributed by atoms with Gasteiger partial charge in [0.25, 0.3) is 0 Å². The van der Waals surface area contributed by atoms with Gasteiger partial charge in [-0.25, -0.2) is 4.98 Å². The molecule has 30 heavy (non-hydrogen) atoms. The smallest absolute Gasteiger partial charge is 0.236 e. The largest absolute Gasteiger partial charge is 0.454 e. The van der Waals surface area contributed by atoms with E-state index in [-0.39, 0.29) is 24.8 Å². The number of ether oxygens (including phenoxy) is 2. The van der Waals surface area contributed by atoms with Crippen LogP contribution >= 0.6 is 11.3 Å². The van der Waals surface area contributed by atoms with Gasteiger partial charge in [0.05, 0.1) is 11.5 Å². The van der Waals surface area contributed by atoms with Crippen LogP contribution in [0.25, 0.3) is 0 Å². The Morgan fingerprint density at radius 2 is 2.10 bits per heavy atom. The van der Waals surface area contributed by atoms with Gasteiger partial charge in [-0.15, -0.1) is 11.3 Å². The first-order valence-corrected chi connectivity index (χ1v) is 11.5. The fourth-order valence-corrected chi connectivity index (χ4v) is 5.55. The molecule has 3 heterocycles. The number of nitrogens with zero attached hydrogens (tertiary/aromatic N) is 2. The van der Waals surface area contributed by atoms with Gasteiger partial charge in [0.15, 0.2) is 16.6 Å². The monoisotopic (exact) mass is 429 g/mol. The van der Waals surface area contributed by atoms with Crippen molar-refractivity contribution < 1.29 is 19.4 Å². The maximum absolute atomic E-state index is 13.1. The second-order valence-electron chi connectivity index (χ2n) is 8.36. The standard InChI is InChI=1S/C22H27N3O4S/c1-2-16(25-9-5-15(26)6-10-25)19-12-23-21(30-19)24-20(27)22(7-8-22)14-3-4-17-18(11-14)29-13-28-17/h3-4,11-12,15-16,26H,2,5-10,13H2,1H3,(H,23,24,27). The third-order valence-electron chi connectivity index (χ3n) is 6.51. The van der Waals surface area contributed by atoms with E-state index in [1.165, 1.54) is 0 Å². The number of anilines is 1. The molecule has 1 saturated heterocycles. The van der Waals surface area contributed by atoms with Gasteiger partial charge in [0.1, 0.15) is 0 Å². The number of thiazole rings is 1. The molecule has 1 unspecified atom stereocenters. The number of piperidine rings is 1. The van der Waals surface area contributed by atoms with Gasteiger partial charge in [-0.2, -0.15) is 0 Å². The zero-order valence-electron chi connectivity index (χ0n) is 17.1. The average molecular weight is 430 g/mol. The van der Waals surface area contributed by atoms with Crippen LogP contribution in [-0.4, -0.2) is 46.9 Å². The summed E-state index contributed by atoms with van der Waals surface area (Å²) in [5.41, 5.74) is 0.472. The fourth-order valence-electron chi connectivity index (χ4n) is 4.52. The summed E-state index contributed by atoms with van der Waals surface area (Å²) in [5.74, 6) is 1.44. The van der Waals surface area contributed by atoms with E-state index in [0.717, 1.165) is 61.4 Å². The lowest BCUT2D eigenvalue weighted by molar-refractivity contribution is -0.118. The normalized spacial score (nSPS) is 21.4. The number of hydrogen-bond acceptors (Lipinski definition) is 7. The predicted molar refractivity (Wildman–Crippen MR) is 114 cm³/mol. The van der Waals surface area contributed by atoms with Crippen LogP contribution in [0, 0.1) is 0 Å². The molecule has 160 valence electrons. The van der Waals surface area contributed by atoms with Crippen molar-refractivity contribution in [2.24, 2.45) is 0 Å². The van der Waals surface area contributed by atoms with Gasteiger partial charge < -0.3 is 19.9 Å². The molecule has 1 aromatic carbocycles. The average Bonchev–Trinajstić information content (AvgIpc) is 3.22. The summed E-state index contributed by atoms with van der Waals surface area (Å²) in [6.45, 7) is 4.19. The number of likely N-dealkylation sites (tertiary alicyclic amines) is 1. The van der Waals surface area contributed by atoms with Gasteiger partial charge in [-0.3, -0.25) is 9.69 Å². The molecule has 1 aliphatic carbocycles. The summed E-state index contributed by atoms with van der Waals surface area (Å²) in [6.07, 6.45) is 5.97. The van der Waals surface area contributed by atoms with Crippen molar-refractivity contribution in [3.63, 3.8) is 0 Å². The number of amides is 1. The number of aromatic nitrogens is 1. The number of carbonyl (C=O) groups is 1. The minimum atomic E-state index is -0.500. The van der Waals surface area contributed by atoms with E-state index in [4.69, 9.17) is 9.47 Å². The first kappa shape index (κ1) is 19.8. The summed E-state index contributed by atoms with van der Waals surface area (Å²) in [6, 6.07) is 6.06. The molecule has 1 amide bonds. The highest BCUT2D eigenvalue weighted by atomic mass is 32.1. The molecule has 2 aromatic rings. The van der Waals surface area contributed by atoms with Gasteiger partial charge in [0.2, 0.25) is 12.7 Å². The van der Waals surface area contributed by atoms with Crippen LogP contribution in [-0.2, 0) is 10.2 Å². The van der Waals surface area contributed by atoms with E-state index < -0.39 is 5.41 Å². The second-order valence-corrected chi connectivity index (χ2v) is 9.43. The third-order valence-corrected chi connectivity index (χ3v) is 7.52. The van der Waals surface area contributed by atoms with E-state index in [2.05, 4.69) is 22.1 Å². The molecule has 7 nitrogen and oxygen atoms in total. The lowest BCUT2D eigenvalue weighted by Gasteiger charge is -2.35. The van der Waals surface area contributed by atoms with E-state index >= 15 is 0 Å². The van der Waals surface area contributed by atoms with Gasteiger partial charge >= 0.3 is 0 Å². The molecule has 1 aromatic heterocycles. The maximum atomic E-state index is 13.1. The zero-order valence-corrected chi connectivity index (χ0v) is 17.9. The van der Waals surface area contributed by atoms with Crippen LogP contribution in [0.5, 0.6) is 11.5 Å². The van der Waals surface area contributed by atoms with Crippen molar-refractivity contribution in [2.45, 2.75) is 56.6 Å². The van der Waals surface area contributed by atoms with Gasteiger partial charge in [0, 0.05) is 30.2 Å². The number of hydrogen-bond donors (Lipinski definition) is 2. The lowest BCUT2D eigenvalue weighted by atomic mass is 9.94. The van der Waals surface area contributed by atoms with E-state index in [1.807, 2.05) is 24.4 Å². The Hall–Kier alpha value is -2.16. The van der Waals surface area contributed by atoms with Gasteiger partial charge in [-0.1, -0.05) is 13.0 Å². The Labute approximate surface area is 180 Å². The minimum Gasteiger partial charge on any atom is -0.454 e. The highest BCUT2D eigenvalue weighted by Crippen LogP contribution is 2.51. The molecule has 2 aliphatic heterocycles. The predicted octanol–water partition coefficient (Wildman–Crippen LogP) is 3.45. The molecule has 2 N–H and O–H groups in total. The highest BCUT2D eigenvalue weighted by molar-refractivity contribution is 7.15. The summed E-state index contributed by atoms with van der Waals surface area (Å²) in [7, 11) is 0. The molecule has 2 fully saturated rings. The zero-order chi connectivity index (χ0) is 20.7. The first-order chi connectivity index (χ1) is 14.6. The van der Waals surface area contributed by atoms with E-state index in [9.17, 15) is 9.90 Å². The van der Waals surface area contributed by atoms with Crippen LogP contribution in [0.2, 0.25) is 0 Å². The number of fused-ring (bicyclic) bond motifs is 1. The Kier molecular flexibility index (Phi) is 5.16. The molecule has 8 heteroatoms. The summed E-state index contributed by atoms with van der Waals surface area (Å²) in [4.78, 5) is 21.2. The van der Waals surface area contributed by atoms with Crippen molar-refractivity contribution in [1.82, 2.24) is 9.88 Å². The van der Waals surface area contributed by atoms with Crippen molar-refractivity contribution in [3.8, 4) is 11.5 Å². The molecular formula is C22H27N3O4S. The first-order valence-electron chi connectivity index (χ1n) is 10.7. The molecule has 0 radical (unpaired) electrons. The fraction of sp³-hybridized carbons (Fsp3) is 0.545. The van der Waals surface area contributed by atoms with E-state index in [0.29, 0.717) is 10.9 Å². The number of rotatable bonds is 6. The molecule has 1 atom stereocenters. The Bertz CT molecular complexity index is 934. The Morgan fingerprint density at radius 3 is 2.83 bits per heavy atom. The SMILES string of the molecule is CCC(c1cnc(NC(=O)C2(c3ccc4c(c3)OCO4)CC2)s1)N1CCC(O)CC1. The quantitative estimate of drug-likeness (QED) is 0.732. The number of carbonyl (C=O) groups excluding carboxylic acids is 1. The van der Waals surface area contributed by atoms with Crippen molar-refractivity contribution in [2.75, 3.05) is 25.2 Å². The van der Waals surface area contributed by atoms with Crippen molar-refractivity contribution in [1.29, 1.82) is 0 Å². The third kappa shape index (κ3) is 3.57. The van der Waals surface area contributed by atoms with Crippen LogP contribution in [0.15, 0.2) is 24.4 Å². The highest BCUT2D eigenvalue weighted by Gasteiger charge is 2.52. The Morgan fingerprint density at radius 1 is 1.33 bits per heavy atom. The van der Waals surface area contributed by atoms with Crippen LogP contribution < -0.4 is 14.8 Å². The maximum Gasteiger partial charge on any atom is 0.236 e. The van der Waals surface area contributed by atoms with Crippen LogP contribution in [0.3, 0.4) is 0 Å². The summed E-state index contributed by atoms with van der Waals surface area (Å²) in [5, 5.41) is 13.5. The second kappa shape index (κ2) is 7.83. The molecule has 1 saturated carbocycles. The number of aliphatic hydroxyl groups is 1. The van der Waals surface area contributed by atoms with Crippen molar-refractivity contribution >= 4 is 22.4 Å². The number of aliphatic hydroxyl groups excluding tert-OH is 1. The lowest BCUT2D eigenvalue weighted by Crippen LogP contribution is -2.38. The molecular weight excluding hydrogens is 402 g/mol. The summed E-state index contributed by atoms with van der Waals surface area (Å²) < 4.78 is 10.9. The number of nitrogens with one attached hydrogen (secondary N) is 1. The van der Waals surface area contributed by atoms with Crippen molar-refractivity contribution in [3.05, 3.63) is 34.8 Å².